The van der Waals surface area contributed by atoms with Crippen LogP contribution in [-0.2, 0) is 0 Å². The lowest BCUT2D eigenvalue weighted by Crippen LogP contribution is -2.30. The van der Waals surface area contributed by atoms with Crippen molar-refractivity contribution in [3.63, 3.8) is 0 Å². The monoisotopic (exact) mass is 396 g/mol. The molecule has 28 heavy (non-hydrogen) atoms. The fourth-order valence-electron chi connectivity index (χ4n) is 3.56. The fraction of sp³-hybridized carbons (Fsp3) is 0.381. The number of aryl methyl sites for hydroxylation is 1. The number of benzene rings is 1. The zero-order chi connectivity index (χ0) is 19.3. The average Bonchev–Trinajstić information content (AvgIpc) is 2.71. The van der Waals surface area contributed by atoms with Gasteiger partial charge in [0.15, 0.2) is 0 Å². The van der Waals surface area contributed by atoms with Crippen LogP contribution in [0.2, 0.25) is 5.02 Å². The fourth-order valence-corrected chi connectivity index (χ4v) is 3.73. The molecule has 0 unspecified atom stereocenters. The van der Waals surface area contributed by atoms with Gasteiger partial charge in [-0.1, -0.05) is 11.6 Å². The van der Waals surface area contributed by atoms with Crippen molar-refractivity contribution in [1.29, 1.82) is 0 Å². The lowest BCUT2D eigenvalue weighted by atomic mass is 10.1. The number of halogens is 1. The second-order valence-corrected chi connectivity index (χ2v) is 7.55. The van der Waals surface area contributed by atoms with Gasteiger partial charge in [-0.25, -0.2) is 4.98 Å². The van der Waals surface area contributed by atoms with Crippen LogP contribution in [0, 0.1) is 6.92 Å². The highest BCUT2D eigenvalue weighted by Crippen LogP contribution is 2.24. The Morgan fingerprint density at radius 2 is 1.82 bits per heavy atom. The standard InChI is InChI=1S/C21H25ClN6/c1-15-13-20(28-11-3-2-4-12-28)27-21(26-15)25-10-9-24-18-7-8-23-19-14-16(22)5-6-17(18)19/h5-8,13-14H,2-4,9-12H2,1H3,(H,23,24)(H,25,26,27). The van der Waals surface area contributed by atoms with Crippen molar-refractivity contribution in [3.8, 4) is 0 Å². The zero-order valence-electron chi connectivity index (χ0n) is 16.1. The molecule has 6 nitrogen and oxygen atoms in total. The number of nitrogens with zero attached hydrogens (tertiary/aromatic N) is 4. The van der Waals surface area contributed by atoms with E-state index in [1.807, 2.05) is 31.2 Å². The Kier molecular flexibility index (Phi) is 5.76. The summed E-state index contributed by atoms with van der Waals surface area (Å²) in [4.78, 5) is 16.0. The molecule has 0 aliphatic carbocycles. The first-order valence-corrected chi connectivity index (χ1v) is 10.2. The third kappa shape index (κ3) is 4.44. The summed E-state index contributed by atoms with van der Waals surface area (Å²) in [5, 5.41) is 8.56. The Bertz CT molecular complexity index is 955. The van der Waals surface area contributed by atoms with E-state index < -0.39 is 0 Å². The number of piperidine rings is 1. The van der Waals surface area contributed by atoms with Crippen LogP contribution < -0.4 is 15.5 Å². The van der Waals surface area contributed by atoms with Crippen molar-refractivity contribution in [3.05, 3.63) is 47.2 Å². The van der Waals surface area contributed by atoms with Crippen LogP contribution in [-0.4, -0.2) is 41.1 Å². The number of nitrogens with one attached hydrogen (secondary N) is 2. The Balaban J connectivity index is 1.37. The summed E-state index contributed by atoms with van der Waals surface area (Å²) in [5.41, 5.74) is 2.92. The van der Waals surface area contributed by atoms with Gasteiger partial charge >= 0.3 is 0 Å². The first-order valence-electron chi connectivity index (χ1n) is 9.82. The van der Waals surface area contributed by atoms with Gasteiger partial charge in [0.1, 0.15) is 5.82 Å². The maximum absolute atomic E-state index is 6.06. The number of anilines is 3. The van der Waals surface area contributed by atoms with E-state index in [0.717, 1.165) is 54.3 Å². The van der Waals surface area contributed by atoms with Gasteiger partial charge < -0.3 is 15.5 Å². The Hall–Kier alpha value is -2.60. The molecule has 0 bridgehead atoms. The highest BCUT2D eigenvalue weighted by Gasteiger charge is 2.13. The molecule has 0 amide bonds. The van der Waals surface area contributed by atoms with E-state index in [2.05, 4.69) is 31.6 Å². The quantitative estimate of drug-likeness (QED) is 0.598. The van der Waals surface area contributed by atoms with Crippen LogP contribution in [0.25, 0.3) is 10.9 Å². The number of hydrogen-bond donors (Lipinski definition) is 2. The Morgan fingerprint density at radius 3 is 2.68 bits per heavy atom. The SMILES string of the molecule is Cc1cc(N2CCCCC2)nc(NCCNc2ccnc3cc(Cl)ccc23)n1. The van der Waals surface area contributed by atoms with Gasteiger partial charge in [0.05, 0.1) is 5.52 Å². The smallest absolute Gasteiger partial charge is 0.224 e. The molecule has 1 saturated heterocycles. The molecule has 0 saturated carbocycles. The van der Waals surface area contributed by atoms with Crippen LogP contribution in [0.3, 0.4) is 0 Å². The zero-order valence-corrected chi connectivity index (χ0v) is 16.8. The minimum absolute atomic E-state index is 0.689. The second kappa shape index (κ2) is 8.61. The van der Waals surface area contributed by atoms with Gasteiger partial charge in [-0.05, 0) is 50.5 Å². The first kappa shape index (κ1) is 18.7. The molecule has 146 valence electrons. The van der Waals surface area contributed by atoms with E-state index in [1.54, 1.807) is 6.20 Å². The molecule has 0 spiro atoms. The van der Waals surface area contributed by atoms with Crippen LogP contribution in [0.1, 0.15) is 25.0 Å². The molecule has 1 aliphatic heterocycles. The summed E-state index contributed by atoms with van der Waals surface area (Å²) in [5.74, 6) is 1.72. The molecule has 1 aromatic carbocycles. The summed E-state index contributed by atoms with van der Waals surface area (Å²) in [6.07, 6.45) is 5.58. The number of fused-ring (bicyclic) bond motifs is 1. The van der Waals surface area contributed by atoms with Gasteiger partial charge in [-0.3, -0.25) is 4.98 Å². The molecule has 1 fully saturated rings. The molecular weight excluding hydrogens is 372 g/mol. The van der Waals surface area contributed by atoms with E-state index in [-0.39, 0.29) is 0 Å². The average molecular weight is 397 g/mol. The maximum atomic E-state index is 6.06. The largest absolute Gasteiger partial charge is 0.383 e. The molecule has 3 aromatic rings. The molecule has 2 N–H and O–H groups in total. The molecule has 7 heteroatoms. The van der Waals surface area contributed by atoms with Crippen molar-refractivity contribution in [2.24, 2.45) is 0 Å². The molecular formula is C21H25ClN6. The van der Waals surface area contributed by atoms with Crippen molar-refractivity contribution < 1.29 is 0 Å². The van der Waals surface area contributed by atoms with Crippen LogP contribution in [0.5, 0.6) is 0 Å². The van der Waals surface area contributed by atoms with E-state index in [1.165, 1.54) is 19.3 Å². The van der Waals surface area contributed by atoms with Gasteiger partial charge in [-0.2, -0.15) is 4.98 Å². The van der Waals surface area contributed by atoms with E-state index >= 15 is 0 Å². The predicted octanol–water partition coefficient (Wildman–Crippen LogP) is 4.50. The third-order valence-electron chi connectivity index (χ3n) is 4.95. The van der Waals surface area contributed by atoms with Crippen molar-refractivity contribution in [2.45, 2.75) is 26.2 Å². The summed E-state index contributed by atoms with van der Waals surface area (Å²) in [6, 6.07) is 9.81. The predicted molar refractivity (Wildman–Crippen MR) is 117 cm³/mol. The number of aromatic nitrogens is 3. The summed E-state index contributed by atoms with van der Waals surface area (Å²) >= 11 is 6.06. The molecule has 2 aromatic heterocycles. The second-order valence-electron chi connectivity index (χ2n) is 7.11. The lowest BCUT2D eigenvalue weighted by Gasteiger charge is -2.28. The van der Waals surface area contributed by atoms with Crippen LogP contribution in [0.4, 0.5) is 17.5 Å². The topological polar surface area (TPSA) is 66.0 Å². The van der Waals surface area contributed by atoms with Crippen LogP contribution >= 0.6 is 11.6 Å². The number of pyridine rings is 1. The van der Waals surface area contributed by atoms with E-state index in [9.17, 15) is 0 Å². The Morgan fingerprint density at radius 1 is 1.00 bits per heavy atom. The van der Waals surface area contributed by atoms with E-state index in [0.29, 0.717) is 11.0 Å². The highest BCUT2D eigenvalue weighted by molar-refractivity contribution is 6.31. The maximum Gasteiger partial charge on any atom is 0.224 e. The normalized spacial score (nSPS) is 14.3. The summed E-state index contributed by atoms with van der Waals surface area (Å²) in [7, 11) is 0. The summed E-state index contributed by atoms with van der Waals surface area (Å²) in [6.45, 7) is 5.65. The molecule has 4 rings (SSSR count). The van der Waals surface area contributed by atoms with Crippen molar-refractivity contribution in [1.82, 2.24) is 15.0 Å². The number of hydrogen-bond acceptors (Lipinski definition) is 6. The molecule has 1 aliphatic rings. The van der Waals surface area contributed by atoms with E-state index in [4.69, 9.17) is 16.6 Å². The first-order chi connectivity index (χ1) is 13.7. The third-order valence-corrected chi connectivity index (χ3v) is 5.18. The molecule has 0 radical (unpaired) electrons. The van der Waals surface area contributed by atoms with Gasteiger partial charge in [-0.15, -0.1) is 0 Å². The van der Waals surface area contributed by atoms with Crippen LogP contribution in [0.15, 0.2) is 36.5 Å². The highest BCUT2D eigenvalue weighted by atomic mass is 35.5. The van der Waals surface area contributed by atoms with Crippen molar-refractivity contribution in [2.75, 3.05) is 41.7 Å². The minimum Gasteiger partial charge on any atom is -0.383 e. The molecule has 3 heterocycles. The molecule has 0 atom stereocenters. The van der Waals surface area contributed by atoms with Gasteiger partial charge in [0.25, 0.3) is 0 Å². The minimum atomic E-state index is 0.689. The van der Waals surface area contributed by atoms with Gasteiger partial charge in [0.2, 0.25) is 5.95 Å². The van der Waals surface area contributed by atoms with Crippen molar-refractivity contribution >= 4 is 40.0 Å². The van der Waals surface area contributed by atoms with Gasteiger partial charge in [0, 0.05) is 60.2 Å². The Labute approximate surface area is 170 Å². The number of rotatable bonds is 6. The lowest BCUT2D eigenvalue weighted by molar-refractivity contribution is 0.573. The summed E-state index contributed by atoms with van der Waals surface area (Å²) < 4.78 is 0.